The average Bonchev–Trinajstić information content (AvgIpc) is 2.43. The smallest absolute Gasteiger partial charge is 0.126 e. The molecule has 0 fully saturated rings. The maximum absolute atomic E-state index is 13.5. The Morgan fingerprint density at radius 2 is 1.84 bits per heavy atom. The number of nitrogens with zero attached hydrogens (tertiary/aromatic N) is 2. The molecule has 0 aliphatic carbocycles. The van der Waals surface area contributed by atoms with Crippen LogP contribution in [0.25, 0.3) is 11.0 Å². The van der Waals surface area contributed by atoms with E-state index in [1.807, 2.05) is 30.3 Å². The number of hydrogen-bond donors (Lipinski definition) is 0. The van der Waals surface area contributed by atoms with Gasteiger partial charge in [-0.1, -0.05) is 24.3 Å². The van der Waals surface area contributed by atoms with Crippen molar-refractivity contribution in [2.24, 2.45) is 0 Å². The van der Waals surface area contributed by atoms with Gasteiger partial charge in [0.1, 0.15) is 5.82 Å². The fourth-order valence-corrected chi connectivity index (χ4v) is 2.04. The molecule has 94 valence electrons. The molecular formula is C16H13FN2. The van der Waals surface area contributed by atoms with E-state index in [0.29, 0.717) is 12.0 Å². The summed E-state index contributed by atoms with van der Waals surface area (Å²) in [5, 5.41) is 0. The van der Waals surface area contributed by atoms with Gasteiger partial charge in [0, 0.05) is 12.6 Å². The summed E-state index contributed by atoms with van der Waals surface area (Å²) in [6.07, 6.45) is 2.34. The number of halogens is 1. The van der Waals surface area contributed by atoms with Crippen molar-refractivity contribution in [1.29, 1.82) is 0 Å². The Bertz CT molecular complexity index is 738. The van der Waals surface area contributed by atoms with E-state index in [0.717, 1.165) is 22.3 Å². The highest BCUT2D eigenvalue weighted by Gasteiger charge is 2.03. The van der Waals surface area contributed by atoms with Crippen molar-refractivity contribution >= 4 is 11.0 Å². The van der Waals surface area contributed by atoms with Crippen LogP contribution in [0.3, 0.4) is 0 Å². The number of aryl methyl sites for hydroxylation is 1. The minimum absolute atomic E-state index is 0.175. The largest absolute Gasteiger partial charge is 0.253 e. The Morgan fingerprint density at radius 3 is 2.63 bits per heavy atom. The minimum atomic E-state index is -0.175. The van der Waals surface area contributed by atoms with Crippen molar-refractivity contribution in [2.75, 3.05) is 0 Å². The van der Waals surface area contributed by atoms with Crippen LogP contribution in [0.1, 0.15) is 16.8 Å². The lowest BCUT2D eigenvalue weighted by molar-refractivity contribution is 0.616. The summed E-state index contributed by atoms with van der Waals surface area (Å²) >= 11 is 0. The summed E-state index contributed by atoms with van der Waals surface area (Å²) in [5.74, 6) is -0.175. The summed E-state index contributed by atoms with van der Waals surface area (Å²) in [6.45, 7) is 1.76. The molecule has 0 radical (unpaired) electrons. The molecule has 2 aromatic carbocycles. The van der Waals surface area contributed by atoms with Crippen LogP contribution in [0.2, 0.25) is 0 Å². The van der Waals surface area contributed by atoms with Crippen molar-refractivity contribution in [3.63, 3.8) is 0 Å². The number of rotatable bonds is 2. The van der Waals surface area contributed by atoms with Crippen molar-refractivity contribution in [3.8, 4) is 0 Å². The Kier molecular flexibility index (Phi) is 2.95. The quantitative estimate of drug-likeness (QED) is 0.695. The first-order chi connectivity index (χ1) is 9.22. The molecule has 0 N–H and O–H groups in total. The molecule has 1 aromatic heterocycles. The van der Waals surface area contributed by atoms with Gasteiger partial charge in [0.05, 0.1) is 16.7 Å². The second-order valence-corrected chi connectivity index (χ2v) is 4.61. The van der Waals surface area contributed by atoms with E-state index in [9.17, 15) is 4.39 Å². The molecule has 3 heteroatoms. The first kappa shape index (κ1) is 11.8. The molecular weight excluding hydrogens is 239 g/mol. The number of benzene rings is 2. The monoisotopic (exact) mass is 252 g/mol. The minimum Gasteiger partial charge on any atom is -0.253 e. The molecule has 0 saturated carbocycles. The van der Waals surface area contributed by atoms with Gasteiger partial charge >= 0.3 is 0 Å². The summed E-state index contributed by atoms with van der Waals surface area (Å²) < 4.78 is 13.5. The second-order valence-electron chi connectivity index (χ2n) is 4.61. The van der Waals surface area contributed by atoms with Crippen LogP contribution in [0.4, 0.5) is 4.39 Å². The molecule has 0 spiro atoms. The number of aromatic nitrogens is 2. The van der Waals surface area contributed by atoms with Crippen LogP contribution in [0.5, 0.6) is 0 Å². The van der Waals surface area contributed by atoms with Gasteiger partial charge in [0.15, 0.2) is 0 Å². The number of fused-ring (bicyclic) bond motifs is 1. The highest BCUT2D eigenvalue weighted by molar-refractivity contribution is 5.73. The molecule has 0 amide bonds. The maximum Gasteiger partial charge on any atom is 0.126 e. The fraction of sp³-hybridized carbons (Fsp3) is 0.125. The second kappa shape index (κ2) is 4.76. The predicted molar refractivity (Wildman–Crippen MR) is 73.5 cm³/mol. The average molecular weight is 252 g/mol. The molecule has 2 nitrogen and oxygen atoms in total. The molecule has 3 rings (SSSR count). The maximum atomic E-state index is 13.5. The van der Waals surface area contributed by atoms with E-state index < -0.39 is 0 Å². The molecule has 1 heterocycles. The van der Waals surface area contributed by atoms with Crippen LogP contribution in [0.15, 0.2) is 48.7 Å². The van der Waals surface area contributed by atoms with E-state index in [2.05, 4.69) is 9.97 Å². The van der Waals surface area contributed by atoms with E-state index in [1.54, 1.807) is 25.3 Å². The van der Waals surface area contributed by atoms with Crippen LogP contribution >= 0.6 is 0 Å². The van der Waals surface area contributed by atoms with Crippen LogP contribution in [-0.4, -0.2) is 9.97 Å². The lowest BCUT2D eigenvalue weighted by Crippen LogP contribution is -1.96. The lowest BCUT2D eigenvalue weighted by atomic mass is 10.1. The third-order valence-corrected chi connectivity index (χ3v) is 3.12. The van der Waals surface area contributed by atoms with Crippen LogP contribution in [-0.2, 0) is 6.42 Å². The Hall–Kier alpha value is -2.29. The third-order valence-electron chi connectivity index (χ3n) is 3.12. The van der Waals surface area contributed by atoms with Crippen molar-refractivity contribution in [1.82, 2.24) is 9.97 Å². The molecule has 0 bridgehead atoms. The number of para-hydroxylation sites is 2. The van der Waals surface area contributed by atoms with Crippen LogP contribution in [0, 0.1) is 12.7 Å². The predicted octanol–water partition coefficient (Wildman–Crippen LogP) is 3.67. The van der Waals surface area contributed by atoms with Crippen molar-refractivity contribution in [3.05, 3.63) is 71.3 Å². The zero-order valence-corrected chi connectivity index (χ0v) is 10.6. The SMILES string of the molecule is Cc1ccc(Cc2cnc3ccccc3n2)cc1F. The highest BCUT2D eigenvalue weighted by Crippen LogP contribution is 2.14. The standard InChI is InChI=1S/C16H13FN2/c1-11-6-7-12(9-14(11)17)8-13-10-18-15-4-2-3-5-16(15)19-13/h2-7,9-10H,8H2,1H3. The lowest BCUT2D eigenvalue weighted by Gasteiger charge is -2.04. The molecule has 0 saturated heterocycles. The van der Waals surface area contributed by atoms with Gasteiger partial charge in [-0.3, -0.25) is 4.98 Å². The summed E-state index contributed by atoms with van der Waals surface area (Å²) in [4.78, 5) is 8.90. The van der Waals surface area contributed by atoms with Crippen molar-refractivity contribution in [2.45, 2.75) is 13.3 Å². The van der Waals surface area contributed by atoms with Gasteiger partial charge in [0.25, 0.3) is 0 Å². The zero-order chi connectivity index (χ0) is 13.2. The van der Waals surface area contributed by atoms with Crippen molar-refractivity contribution < 1.29 is 4.39 Å². The number of hydrogen-bond acceptors (Lipinski definition) is 2. The van der Waals surface area contributed by atoms with Gasteiger partial charge in [-0.2, -0.15) is 0 Å². The highest BCUT2D eigenvalue weighted by atomic mass is 19.1. The molecule has 19 heavy (non-hydrogen) atoms. The van der Waals surface area contributed by atoms with E-state index >= 15 is 0 Å². The molecule has 0 aliphatic heterocycles. The molecule has 3 aromatic rings. The van der Waals surface area contributed by atoms with Crippen LogP contribution < -0.4 is 0 Å². The Morgan fingerprint density at radius 1 is 1.05 bits per heavy atom. The van der Waals surface area contributed by atoms with Gasteiger partial charge in [-0.25, -0.2) is 9.37 Å². The van der Waals surface area contributed by atoms with E-state index in [-0.39, 0.29) is 5.82 Å². The summed E-state index contributed by atoms with van der Waals surface area (Å²) in [6, 6.07) is 13.0. The Labute approximate surface area is 111 Å². The van der Waals surface area contributed by atoms with E-state index in [4.69, 9.17) is 0 Å². The third kappa shape index (κ3) is 2.45. The molecule has 0 aliphatic rings. The summed E-state index contributed by atoms with van der Waals surface area (Å²) in [5.41, 5.74) is 4.16. The fourth-order valence-electron chi connectivity index (χ4n) is 2.04. The van der Waals surface area contributed by atoms with E-state index in [1.165, 1.54) is 0 Å². The van der Waals surface area contributed by atoms with Gasteiger partial charge in [-0.05, 0) is 36.2 Å². The molecule has 0 atom stereocenters. The summed E-state index contributed by atoms with van der Waals surface area (Å²) in [7, 11) is 0. The first-order valence-corrected chi connectivity index (χ1v) is 6.18. The normalized spacial score (nSPS) is 10.8. The van der Waals surface area contributed by atoms with Gasteiger partial charge in [-0.15, -0.1) is 0 Å². The first-order valence-electron chi connectivity index (χ1n) is 6.18. The Balaban J connectivity index is 1.94. The molecule has 0 unspecified atom stereocenters. The van der Waals surface area contributed by atoms with Gasteiger partial charge in [0.2, 0.25) is 0 Å². The van der Waals surface area contributed by atoms with Gasteiger partial charge < -0.3 is 0 Å². The topological polar surface area (TPSA) is 25.8 Å². The zero-order valence-electron chi connectivity index (χ0n) is 10.6.